The van der Waals surface area contributed by atoms with Crippen LogP contribution in [0.4, 0.5) is 5.69 Å². The van der Waals surface area contributed by atoms with Crippen molar-refractivity contribution in [2.45, 2.75) is 13.5 Å². The minimum absolute atomic E-state index is 0.248. The number of halogens is 2. The van der Waals surface area contributed by atoms with Crippen molar-refractivity contribution in [3.05, 3.63) is 93.5 Å². The molecule has 0 heterocycles. The van der Waals surface area contributed by atoms with E-state index < -0.39 is 0 Å². The molecule has 3 rings (SSSR count). The molecule has 6 heteroatoms. The molecule has 0 bridgehead atoms. The molecular formula is C24H21Cl2NO3. The van der Waals surface area contributed by atoms with Crippen LogP contribution in [0.2, 0.25) is 10.0 Å². The minimum atomic E-state index is -0.248. The molecule has 0 fully saturated rings. The number of methoxy groups -OCH3 is 1. The number of anilines is 1. The number of nitrogens with one attached hydrogen (secondary N) is 1. The second-order valence-corrected chi connectivity index (χ2v) is 7.40. The van der Waals surface area contributed by atoms with Crippen molar-refractivity contribution < 1.29 is 14.3 Å². The first kappa shape index (κ1) is 21.8. The van der Waals surface area contributed by atoms with Crippen molar-refractivity contribution in [3.63, 3.8) is 0 Å². The van der Waals surface area contributed by atoms with Crippen LogP contribution in [0.3, 0.4) is 0 Å². The molecule has 0 aliphatic heterocycles. The predicted octanol–water partition coefficient (Wildman–Crippen LogP) is 6.54. The normalized spacial score (nSPS) is 10.8. The van der Waals surface area contributed by atoms with E-state index in [1.807, 2.05) is 55.5 Å². The van der Waals surface area contributed by atoms with E-state index in [4.69, 9.17) is 32.7 Å². The number of amides is 1. The van der Waals surface area contributed by atoms with E-state index in [2.05, 4.69) is 5.32 Å². The van der Waals surface area contributed by atoms with Gasteiger partial charge in [-0.15, -0.1) is 0 Å². The average molecular weight is 442 g/mol. The van der Waals surface area contributed by atoms with E-state index in [1.165, 1.54) is 6.08 Å². The molecule has 30 heavy (non-hydrogen) atoms. The van der Waals surface area contributed by atoms with Crippen molar-refractivity contribution in [1.29, 1.82) is 0 Å². The van der Waals surface area contributed by atoms with Gasteiger partial charge < -0.3 is 14.8 Å². The maximum atomic E-state index is 12.2. The predicted molar refractivity (Wildman–Crippen MR) is 123 cm³/mol. The van der Waals surface area contributed by atoms with Gasteiger partial charge in [0, 0.05) is 21.8 Å². The summed E-state index contributed by atoms with van der Waals surface area (Å²) in [6.07, 6.45) is 3.17. The summed E-state index contributed by atoms with van der Waals surface area (Å²) in [5, 5.41) is 4.12. The fourth-order valence-electron chi connectivity index (χ4n) is 2.74. The van der Waals surface area contributed by atoms with Crippen LogP contribution in [0.1, 0.15) is 16.7 Å². The lowest BCUT2D eigenvalue weighted by Crippen LogP contribution is -2.09. The van der Waals surface area contributed by atoms with E-state index in [0.29, 0.717) is 33.8 Å². The van der Waals surface area contributed by atoms with Gasteiger partial charge >= 0.3 is 0 Å². The molecule has 0 unspecified atom stereocenters. The molecule has 3 aromatic rings. The third-order valence-corrected chi connectivity index (χ3v) is 5.11. The van der Waals surface area contributed by atoms with Gasteiger partial charge in [-0.05, 0) is 66.1 Å². The molecule has 0 saturated heterocycles. The molecular weight excluding hydrogens is 421 g/mol. The highest BCUT2D eigenvalue weighted by Crippen LogP contribution is 2.29. The van der Waals surface area contributed by atoms with Crippen LogP contribution in [-0.2, 0) is 11.4 Å². The van der Waals surface area contributed by atoms with Gasteiger partial charge in [0.25, 0.3) is 0 Å². The molecule has 0 saturated carbocycles. The highest BCUT2D eigenvalue weighted by molar-refractivity contribution is 6.31. The number of hydrogen-bond acceptors (Lipinski definition) is 3. The van der Waals surface area contributed by atoms with E-state index in [1.54, 1.807) is 25.3 Å². The molecule has 154 valence electrons. The van der Waals surface area contributed by atoms with Crippen molar-refractivity contribution in [3.8, 4) is 11.5 Å². The van der Waals surface area contributed by atoms with Crippen LogP contribution < -0.4 is 14.8 Å². The Bertz CT molecular complexity index is 1060. The molecule has 0 spiro atoms. The number of carbonyl (C=O) groups excluding carboxylic acids is 1. The quantitative estimate of drug-likeness (QED) is 0.423. The number of rotatable bonds is 7. The maximum absolute atomic E-state index is 12.2. The third kappa shape index (κ3) is 5.78. The summed E-state index contributed by atoms with van der Waals surface area (Å²) in [5.74, 6) is 0.947. The van der Waals surface area contributed by atoms with Gasteiger partial charge in [0.15, 0.2) is 11.5 Å². The van der Waals surface area contributed by atoms with Gasteiger partial charge in [-0.1, -0.05) is 47.5 Å². The van der Waals surface area contributed by atoms with Crippen LogP contribution in [0, 0.1) is 6.92 Å². The molecule has 0 aliphatic carbocycles. The lowest BCUT2D eigenvalue weighted by molar-refractivity contribution is -0.111. The van der Waals surface area contributed by atoms with E-state index >= 15 is 0 Å². The number of carbonyl (C=O) groups is 1. The molecule has 1 N–H and O–H groups in total. The SMILES string of the molecule is COc1cc(/C=C/C(=O)Nc2cccc(Cl)c2C)ccc1OCc1ccc(Cl)cc1. The lowest BCUT2D eigenvalue weighted by atomic mass is 10.1. The van der Waals surface area contributed by atoms with Gasteiger partial charge in [0.2, 0.25) is 5.91 Å². The Balaban J connectivity index is 1.65. The van der Waals surface area contributed by atoms with Gasteiger partial charge in [-0.2, -0.15) is 0 Å². The first-order chi connectivity index (χ1) is 14.5. The highest BCUT2D eigenvalue weighted by atomic mass is 35.5. The zero-order chi connectivity index (χ0) is 21.5. The lowest BCUT2D eigenvalue weighted by Gasteiger charge is -2.11. The second-order valence-electron chi connectivity index (χ2n) is 6.56. The molecule has 0 aliphatic rings. The number of hydrogen-bond donors (Lipinski definition) is 1. The molecule has 0 aromatic heterocycles. The number of ether oxygens (including phenoxy) is 2. The zero-order valence-corrected chi connectivity index (χ0v) is 18.1. The summed E-state index contributed by atoms with van der Waals surface area (Å²) in [7, 11) is 1.58. The van der Waals surface area contributed by atoms with Crippen LogP contribution in [-0.4, -0.2) is 13.0 Å². The molecule has 4 nitrogen and oxygen atoms in total. The van der Waals surface area contributed by atoms with Gasteiger partial charge in [0.1, 0.15) is 6.61 Å². The van der Waals surface area contributed by atoms with E-state index in [9.17, 15) is 4.79 Å². The Morgan fingerprint density at radius 1 is 1.03 bits per heavy atom. The third-order valence-electron chi connectivity index (χ3n) is 4.45. The van der Waals surface area contributed by atoms with Gasteiger partial charge in [-0.25, -0.2) is 0 Å². The van der Waals surface area contributed by atoms with E-state index in [0.717, 1.165) is 16.7 Å². The standard InChI is InChI=1S/C24H21Cl2NO3/c1-16-20(26)4-3-5-21(16)27-24(28)13-9-17-8-12-22(23(14-17)29-2)30-15-18-6-10-19(25)11-7-18/h3-14H,15H2,1-2H3,(H,27,28)/b13-9+. The largest absolute Gasteiger partial charge is 0.493 e. The monoisotopic (exact) mass is 441 g/mol. The molecule has 1 amide bonds. The molecule has 0 atom stereocenters. The second kappa shape index (κ2) is 10.2. The first-order valence-corrected chi connectivity index (χ1v) is 10.0. The van der Waals surface area contributed by atoms with Crippen LogP contribution >= 0.6 is 23.2 Å². The maximum Gasteiger partial charge on any atom is 0.248 e. The topological polar surface area (TPSA) is 47.6 Å². The van der Waals surface area contributed by atoms with Crippen molar-refractivity contribution in [2.75, 3.05) is 12.4 Å². The summed E-state index contributed by atoms with van der Waals surface area (Å²) in [6, 6.07) is 18.3. The highest BCUT2D eigenvalue weighted by Gasteiger charge is 2.07. The van der Waals surface area contributed by atoms with Crippen LogP contribution in [0.5, 0.6) is 11.5 Å². The van der Waals surface area contributed by atoms with Crippen LogP contribution in [0.25, 0.3) is 6.08 Å². The van der Waals surface area contributed by atoms with Crippen molar-refractivity contribution in [1.82, 2.24) is 0 Å². The Labute approximate surface area is 186 Å². The average Bonchev–Trinajstić information content (AvgIpc) is 2.75. The minimum Gasteiger partial charge on any atom is -0.493 e. The van der Waals surface area contributed by atoms with Crippen molar-refractivity contribution >= 4 is 40.9 Å². The first-order valence-electron chi connectivity index (χ1n) is 9.25. The number of benzene rings is 3. The Morgan fingerprint density at radius 3 is 2.53 bits per heavy atom. The summed E-state index contributed by atoms with van der Waals surface area (Å²) in [5.41, 5.74) is 3.31. The smallest absolute Gasteiger partial charge is 0.248 e. The summed E-state index contributed by atoms with van der Waals surface area (Å²) >= 11 is 12.0. The molecule has 0 radical (unpaired) electrons. The Hall–Kier alpha value is -2.95. The molecule has 3 aromatic carbocycles. The summed E-state index contributed by atoms with van der Waals surface area (Å²) < 4.78 is 11.3. The summed E-state index contributed by atoms with van der Waals surface area (Å²) in [6.45, 7) is 2.25. The van der Waals surface area contributed by atoms with E-state index in [-0.39, 0.29) is 5.91 Å². The fourth-order valence-corrected chi connectivity index (χ4v) is 3.04. The van der Waals surface area contributed by atoms with Gasteiger partial charge in [0.05, 0.1) is 7.11 Å². The van der Waals surface area contributed by atoms with Gasteiger partial charge in [-0.3, -0.25) is 4.79 Å². The Morgan fingerprint density at radius 2 is 1.80 bits per heavy atom. The Kier molecular flexibility index (Phi) is 7.39. The summed E-state index contributed by atoms with van der Waals surface area (Å²) in [4.78, 5) is 12.2. The zero-order valence-electron chi connectivity index (χ0n) is 16.6. The van der Waals surface area contributed by atoms with Crippen LogP contribution in [0.15, 0.2) is 66.7 Å². The fraction of sp³-hybridized carbons (Fsp3) is 0.125. The van der Waals surface area contributed by atoms with Crippen molar-refractivity contribution in [2.24, 2.45) is 0 Å².